The van der Waals surface area contributed by atoms with E-state index in [9.17, 15) is 14.4 Å². The van der Waals surface area contributed by atoms with Gasteiger partial charge in [-0.1, -0.05) is 236 Å². The molecule has 0 radical (unpaired) electrons. The minimum Gasteiger partial charge on any atom is -0.462 e. The van der Waals surface area contributed by atoms with E-state index in [0.29, 0.717) is 19.3 Å². The van der Waals surface area contributed by atoms with E-state index in [-0.39, 0.29) is 31.1 Å². The van der Waals surface area contributed by atoms with Crippen LogP contribution in [0, 0.1) is 0 Å². The van der Waals surface area contributed by atoms with Crippen molar-refractivity contribution in [3.05, 3.63) is 48.6 Å². The topological polar surface area (TPSA) is 78.9 Å². The van der Waals surface area contributed by atoms with Crippen molar-refractivity contribution >= 4 is 17.9 Å². The molecule has 6 nitrogen and oxygen atoms in total. The largest absolute Gasteiger partial charge is 0.462 e. The number of hydrogen-bond donors (Lipinski definition) is 0. The molecule has 0 rings (SSSR count). The third-order valence-corrected chi connectivity index (χ3v) is 11.3. The maximum Gasteiger partial charge on any atom is 0.306 e. The van der Waals surface area contributed by atoms with Crippen molar-refractivity contribution in [1.29, 1.82) is 0 Å². The van der Waals surface area contributed by atoms with Gasteiger partial charge in [-0.3, -0.25) is 14.4 Å². The second-order valence-electron chi connectivity index (χ2n) is 17.4. The first kappa shape index (κ1) is 58.4. The first-order valence-corrected chi connectivity index (χ1v) is 26.1. The lowest BCUT2D eigenvalue weighted by Gasteiger charge is -2.18. The van der Waals surface area contributed by atoms with Crippen LogP contribution in [0.3, 0.4) is 0 Å². The number of carbonyl (C=O) groups excluding carboxylic acids is 3. The Hall–Kier alpha value is -2.63. The van der Waals surface area contributed by atoms with E-state index in [1.807, 2.05) is 0 Å². The summed E-state index contributed by atoms with van der Waals surface area (Å²) in [6, 6.07) is 0. The first-order valence-electron chi connectivity index (χ1n) is 26.1. The molecule has 0 heterocycles. The summed E-state index contributed by atoms with van der Waals surface area (Å²) in [5, 5.41) is 0. The van der Waals surface area contributed by atoms with Crippen LogP contribution >= 0.6 is 0 Å². The van der Waals surface area contributed by atoms with E-state index in [4.69, 9.17) is 14.2 Å². The summed E-state index contributed by atoms with van der Waals surface area (Å²) in [6.07, 6.45) is 59.7. The van der Waals surface area contributed by atoms with Crippen molar-refractivity contribution in [2.24, 2.45) is 0 Å². The smallest absolute Gasteiger partial charge is 0.306 e. The van der Waals surface area contributed by atoms with Crippen molar-refractivity contribution in [2.75, 3.05) is 13.2 Å². The summed E-state index contributed by atoms with van der Waals surface area (Å²) in [5.41, 5.74) is 0. The van der Waals surface area contributed by atoms with E-state index in [2.05, 4.69) is 69.4 Å². The second-order valence-corrected chi connectivity index (χ2v) is 17.4. The van der Waals surface area contributed by atoms with Gasteiger partial charge in [-0.05, 0) is 57.8 Å². The van der Waals surface area contributed by atoms with Gasteiger partial charge in [-0.2, -0.15) is 0 Å². The molecule has 0 aromatic rings. The van der Waals surface area contributed by atoms with Crippen LogP contribution in [0.4, 0.5) is 0 Å². The Morgan fingerprint density at radius 2 is 0.639 bits per heavy atom. The van der Waals surface area contributed by atoms with Gasteiger partial charge in [-0.15, -0.1) is 0 Å². The Labute approximate surface area is 378 Å². The normalized spacial score (nSPS) is 12.4. The molecule has 0 aliphatic carbocycles. The summed E-state index contributed by atoms with van der Waals surface area (Å²) in [6.45, 7) is 6.49. The molecule has 0 aromatic carbocycles. The zero-order valence-corrected chi connectivity index (χ0v) is 40.4. The van der Waals surface area contributed by atoms with Crippen LogP contribution in [-0.4, -0.2) is 37.2 Å². The number of esters is 3. The molecule has 0 fully saturated rings. The Kier molecular flexibility index (Phi) is 47.9. The van der Waals surface area contributed by atoms with Crippen LogP contribution in [-0.2, 0) is 28.6 Å². The summed E-state index contributed by atoms with van der Waals surface area (Å²) < 4.78 is 16.7. The van der Waals surface area contributed by atoms with E-state index < -0.39 is 6.10 Å². The second kappa shape index (κ2) is 50.0. The molecule has 1 atom stereocenters. The van der Waals surface area contributed by atoms with Crippen LogP contribution in [0.15, 0.2) is 48.6 Å². The van der Waals surface area contributed by atoms with Gasteiger partial charge >= 0.3 is 17.9 Å². The van der Waals surface area contributed by atoms with Gasteiger partial charge in [0.25, 0.3) is 0 Å². The number of allylic oxidation sites excluding steroid dienone is 8. The monoisotopic (exact) mass is 855 g/mol. The van der Waals surface area contributed by atoms with Crippen molar-refractivity contribution in [3.8, 4) is 0 Å². The average Bonchev–Trinajstić information content (AvgIpc) is 3.26. The number of hydrogen-bond acceptors (Lipinski definition) is 6. The third kappa shape index (κ3) is 48.3. The molecule has 1 unspecified atom stereocenters. The molecular formula is C55H98O6. The average molecular weight is 855 g/mol. The number of ether oxygens (including phenoxy) is 3. The predicted molar refractivity (Wildman–Crippen MR) is 261 cm³/mol. The highest BCUT2D eigenvalue weighted by Gasteiger charge is 2.19. The molecule has 61 heavy (non-hydrogen) atoms. The number of rotatable bonds is 47. The fourth-order valence-electron chi connectivity index (χ4n) is 7.43. The summed E-state index contributed by atoms with van der Waals surface area (Å²) in [5.74, 6) is -0.874. The van der Waals surface area contributed by atoms with Crippen molar-refractivity contribution in [3.63, 3.8) is 0 Å². The van der Waals surface area contributed by atoms with Gasteiger partial charge in [0, 0.05) is 19.3 Å². The Morgan fingerprint density at radius 3 is 1.00 bits per heavy atom. The fraction of sp³-hybridized carbons (Fsp3) is 0.800. The van der Waals surface area contributed by atoms with Gasteiger partial charge in [0.2, 0.25) is 0 Å². The van der Waals surface area contributed by atoms with Crippen molar-refractivity contribution < 1.29 is 28.6 Å². The lowest BCUT2D eigenvalue weighted by atomic mass is 10.0. The molecule has 0 saturated heterocycles. The van der Waals surface area contributed by atoms with Gasteiger partial charge in [0.1, 0.15) is 13.2 Å². The van der Waals surface area contributed by atoms with Crippen molar-refractivity contribution in [1.82, 2.24) is 0 Å². The molecule has 354 valence electrons. The van der Waals surface area contributed by atoms with Gasteiger partial charge in [0.15, 0.2) is 6.10 Å². The lowest BCUT2D eigenvalue weighted by Crippen LogP contribution is -2.30. The molecule has 0 N–H and O–H groups in total. The van der Waals surface area contributed by atoms with Crippen LogP contribution < -0.4 is 0 Å². The number of carbonyl (C=O) groups is 3. The SMILES string of the molecule is CC/C=C\C/C=C\C/C=C\C/C=C\CCCCCCCCCCCCC(=O)OCC(COC(=O)CCCCCCCCC)OC(=O)CCCCCCCCCCCCCCC. The molecule has 0 spiro atoms. The summed E-state index contributed by atoms with van der Waals surface area (Å²) in [4.78, 5) is 37.8. The minimum atomic E-state index is -0.767. The van der Waals surface area contributed by atoms with Crippen molar-refractivity contribution in [2.45, 2.75) is 271 Å². The Morgan fingerprint density at radius 1 is 0.344 bits per heavy atom. The first-order chi connectivity index (χ1) is 30.0. The van der Waals surface area contributed by atoms with Crippen LogP contribution in [0.1, 0.15) is 265 Å². The Balaban J connectivity index is 4.17. The van der Waals surface area contributed by atoms with E-state index in [0.717, 1.165) is 83.5 Å². The van der Waals surface area contributed by atoms with Gasteiger partial charge < -0.3 is 14.2 Å². The zero-order valence-electron chi connectivity index (χ0n) is 40.4. The van der Waals surface area contributed by atoms with Crippen LogP contribution in [0.5, 0.6) is 0 Å². The highest BCUT2D eigenvalue weighted by Crippen LogP contribution is 2.16. The molecule has 0 amide bonds. The molecule has 6 heteroatoms. The predicted octanol–water partition coefficient (Wildman–Crippen LogP) is 17.1. The molecule has 0 aromatic heterocycles. The molecule has 0 aliphatic heterocycles. The van der Waals surface area contributed by atoms with E-state index in [1.54, 1.807) is 0 Å². The maximum atomic E-state index is 12.7. The zero-order chi connectivity index (χ0) is 44.4. The lowest BCUT2D eigenvalue weighted by molar-refractivity contribution is -0.167. The van der Waals surface area contributed by atoms with Gasteiger partial charge in [0.05, 0.1) is 0 Å². The highest BCUT2D eigenvalue weighted by atomic mass is 16.6. The van der Waals surface area contributed by atoms with E-state index >= 15 is 0 Å². The van der Waals surface area contributed by atoms with Crippen LogP contribution in [0.2, 0.25) is 0 Å². The van der Waals surface area contributed by atoms with Crippen LogP contribution in [0.25, 0.3) is 0 Å². The summed E-state index contributed by atoms with van der Waals surface area (Å²) in [7, 11) is 0. The molecule has 0 aliphatic rings. The van der Waals surface area contributed by atoms with E-state index in [1.165, 1.54) is 141 Å². The fourth-order valence-corrected chi connectivity index (χ4v) is 7.43. The standard InChI is InChI=1S/C55H98O6/c1-4-7-10-13-16-18-20-22-23-24-25-26-27-28-29-30-31-33-34-36-39-42-45-48-54(57)60-51-52(50-59-53(56)47-44-41-38-15-12-9-6-3)61-55(58)49-46-43-40-37-35-32-21-19-17-14-11-8-5-2/h7,10,16,18,22-23,25-26,52H,4-6,8-9,11-15,17,19-21,24,27-51H2,1-3H3/b10-7-,18-16-,23-22-,26-25-. The highest BCUT2D eigenvalue weighted by molar-refractivity contribution is 5.71. The molecule has 0 bridgehead atoms. The molecule has 0 saturated carbocycles. The van der Waals surface area contributed by atoms with Gasteiger partial charge in [-0.25, -0.2) is 0 Å². The maximum absolute atomic E-state index is 12.7. The minimum absolute atomic E-state index is 0.0712. The Bertz CT molecular complexity index is 1070. The third-order valence-electron chi connectivity index (χ3n) is 11.3. The summed E-state index contributed by atoms with van der Waals surface area (Å²) >= 11 is 0. The number of unbranched alkanes of at least 4 members (excludes halogenated alkanes) is 28. The quantitative estimate of drug-likeness (QED) is 0.0263. The molecular weight excluding hydrogens is 757 g/mol.